The zero-order valence-electron chi connectivity index (χ0n) is 15.8. The SMILES string of the molecule is O=C1C[C@@H](N2CCC(c3nc4ccccc4s3)CC2)C(=O)N1c1ccc(I)cc1. The van der Waals surface area contributed by atoms with Crippen LogP contribution >= 0.6 is 33.9 Å². The fraction of sp³-hybridized carbons (Fsp3) is 0.318. The van der Waals surface area contributed by atoms with Gasteiger partial charge in [-0.3, -0.25) is 14.5 Å². The number of carbonyl (C=O) groups is 2. The number of imide groups is 1. The van der Waals surface area contributed by atoms with Gasteiger partial charge in [0.2, 0.25) is 5.91 Å². The molecule has 0 radical (unpaired) electrons. The topological polar surface area (TPSA) is 53.5 Å². The van der Waals surface area contributed by atoms with E-state index in [0.29, 0.717) is 11.6 Å². The maximum absolute atomic E-state index is 13.0. The first kappa shape index (κ1) is 19.1. The van der Waals surface area contributed by atoms with E-state index in [-0.39, 0.29) is 24.3 Å². The molecule has 5 rings (SSSR count). The fourth-order valence-electron chi connectivity index (χ4n) is 4.29. The highest BCUT2D eigenvalue weighted by Crippen LogP contribution is 2.35. The van der Waals surface area contributed by atoms with E-state index in [1.165, 1.54) is 14.6 Å². The molecular weight excluding hydrogens is 497 g/mol. The fourth-order valence-corrected chi connectivity index (χ4v) is 5.78. The average molecular weight is 517 g/mol. The van der Waals surface area contributed by atoms with E-state index in [4.69, 9.17) is 4.98 Å². The van der Waals surface area contributed by atoms with Crippen molar-refractivity contribution in [2.75, 3.05) is 18.0 Å². The average Bonchev–Trinajstić information content (AvgIpc) is 3.30. The van der Waals surface area contributed by atoms with Gasteiger partial charge < -0.3 is 0 Å². The summed E-state index contributed by atoms with van der Waals surface area (Å²) in [6, 6.07) is 15.5. The number of anilines is 1. The number of likely N-dealkylation sites (tertiary alicyclic amines) is 1. The van der Waals surface area contributed by atoms with Gasteiger partial charge in [-0.1, -0.05) is 12.1 Å². The number of amides is 2. The van der Waals surface area contributed by atoms with Crippen LogP contribution in [0.4, 0.5) is 5.69 Å². The van der Waals surface area contributed by atoms with Gasteiger partial charge in [0.25, 0.3) is 5.91 Å². The number of carbonyl (C=O) groups excluding carboxylic acids is 2. The molecule has 7 heteroatoms. The number of piperidine rings is 1. The van der Waals surface area contributed by atoms with Crippen LogP contribution in [-0.4, -0.2) is 40.8 Å². The predicted octanol–water partition coefficient (Wildman–Crippen LogP) is 4.41. The van der Waals surface area contributed by atoms with Crippen LogP contribution in [0.15, 0.2) is 48.5 Å². The van der Waals surface area contributed by atoms with Gasteiger partial charge in [0.15, 0.2) is 0 Å². The molecule has 2 aliphatic rings. The minimum atomic E-state index is -0.335. The van der Waals surface area contributed by atoms with Crippen LogP contribution in [0.25, 0.3) is 10.2 Å². The first-order valence-electron chi connectivity index (χ1n) is 9.82. The van der Waals surface area contributed by atoms with E-state index >= 15 is 0 Å². The summed E-state index contributed by atoms with van der Waals surface area (Å²) in [5, 5.41) is 1.19. The van der Waals surface area contributed by atoms with Crippen molar-refractivity contribution in [2.45, 2.75) is 31.2 Å². The summed E-state index contributed by atoms with van der Waals surface area (Å²) in [5.41, 5.74) is 1.74. The van der Waals surface area contributed by atoms with Gasteiger partial charge in [-0.2, -0.15) is 0 Å². The highest BCUT2D eigenvalue weighted by atomic mass is 127. The molecule has 2 aliphatic heterocycles. The van der Waals surface area contributed by atoms with Gasteiger partial charge in [0.05, 0.1) is 33.4 Å². The quantitative estimate of drug-likeness (QED) is 0.382. The molecule has 0 spiro atoms. The maximum atomic E-state index is 13.0. The second kappa shape index (κ2) is 7.77. The Kier molecular flexibility index (Phi) is 5.13. The molecule has 29 heavy (non-hydrogen) atoms. The van der Waals surface area contributed by atoms with Gasteiger partial charge in [-0.15, -0.1) is 11.3 Å². The van der Waals surface area contributed by atoms with Crippen molar-refractivity contribution in [1.82, 2.24) is 9.88 Å². The molecule has 0 unspecified atom stereocenters. The van der Waals surface area contributed by atoms with Crippen molar-refractivity contribution in [3.8, 4) is 0 Å². The molecule has 2 amide bonds. The molecule has 5 nitrogen and oxygen atoms in total. The number of fused-ring (bicyclic) bond motifs is 1. The minimum Gasteiger partial charge on any atom is -0.291 e. The molecular formula is C22H20IN3O2S. The van der Waals surface area contributed by atoms with Crippen LogP contribution in [-0.2, 0) is 9.59 Å². The number of thiazole rings is 1. The van der Waals surface area contributed by atoms with Gasteiger partial charge >= 0.3 is 0 Å². The van der Waals surface area contributed by atoms with E-state index in [0.717, 1.165) is 35.0 Å². The predicted molar refractivity (Wildman–Crippen MR) is 123 cm³/mol. The lowest BCUT2D eigenvalue weighted by Crippen LogP contribution is -2.45. The summed E-state index contributed by atoms with van der Waals surface area (Å²) in [6.45, 7) is 1.65. The third-order valence-electron chi connectivity index (χ3n) is 5.84. The Balaban J connectivity index is 1.27. The Morgan fingerprint density at radius 1 is 1.00 bits per heavy atom. The molecule has 148 valence electrons. The lowest BCUT2D eigenvalue weighted by molar-refractivity contribution is -0.123. The second-order valence-corrected chi connectivity index (χ2v) is 9.90. The Labute approximate surface area is 186 Å². The first-order chi connectivity index (χ1) is 14.1. The van der Waals surface area contributed by atoms with E-state index in [1.807, 2.05) is 30.3 Å². The lowest BCUT2D eigenvalue weighted by atomic mass is 9.96. The zero-order valence-corrected chi connectivity index (χ0v) is 18.7. The number of para-hydroxylation sites is 1. The van der Waals surface area contributed by atoms with Crippen LogP contribution in [0.2, 0.25) is 0 Å². The van der Waals surface area contributed by atoms with Crippen LogP contribution in [0.3, 0.4) is 0 Å². The number of hydrogen-bond donors (Lipinski definition) is 0. The number of hydrogen-bond acceptors (Lipinski definition) is 5. The summed E-state index contributed by atoms with van der Waals surface area (Å²) in [6.07, 6.45) is 2.22. The maximum Gasteiger partial charge on any atom is 0.251 e. The highest BCUT2D eigenvalue weighted by Gasteiger charge is 2.43. The Bertz CT molecular complexity index is 1040. The third-order valence-corrected chi connectivity index (χ3v) is 7.76. The number of benzene rings is 2. The number of rotatable bonds is 3. The van der Waals surface area contributed by atoms with Crippen LogP contribution in [0, 0.1) is 3.57 Å². The first-order valence-corrected chi connectivity index (χ1v) is 11.7. The molecule has 0 aliphatic carbocycles. The van der Waals surface area contributed by atoms with Crippen molar-refractivity contribution >= 4 is 61.6 Å². The van der Waals surface area contributed by atoms with Gasteiger partial charge in [0, 0.05) is 9.49 Å². The summed E-state index contributed by atoms with van der Waals surface area (Å²) in [4.78, 5) is 34.0. The third kappa shape index (κ3) is 3.60. The Morgan fingerprint density at radius 3 is 2.45 bits per heavy atom. The molecule has 1 aromatic heterocycles. The normalized spacial score (nSPS) is 21.4. The summed E-state index contributed by atoms with van der Waals surface area (Å²) in [5.74, 6) is 0.243. The van der Waals surface area contributed by atoms with Gasteiger partial charge in [-0.25, -0.2) is 9.88 Å². The lowest BCUT2D eigenvalue weighted by Gasteiger charge is -2.34. The monoisotopic (exact) mass is 517 g/mol. The largest absolute Gasteiger partial charge is 0.291 e. The van der Waals surface area contributed by atoms with E-state index in [9.17, 15) is 9.59 Å². The van der Waals surface area contributed by atoms with Crippen molar-refractivity contribution in [3.05, 3.63) is 57.1 Å². The molecule has 0 N–H and O–H groups in total. The summed E-state index contributed by atoms with van der Waals surface area (Å²) >= 11 is 4.00. The Hall–Kier alpha value is -1.84. The number of aromatic nitrogens is 1. The Morgan fingerprint density at radius 2 is 1.72 bits per heavy atom. The molecule has 0 saturated carbocycles. The van der Waals surface area contributed by atoms with Crippen LogP contribution in [0.1, 0.15) is 30.2 Å². The van der Waals surface area contributed by atoms with Gasteiger partial charge in [-0.05, 0) is 84.9 Å². The highest BCUT2D eigenvalue weighted by molar-refractivity contribution is 14.1. The molecule has 2 aromatic carbocycles. The molecule has 2 fully saturated rings. The number of nitrogens with zero attached hydrogens (tertiary/aromatic N) is 3. The number of halogens is 1. The van der Waals surface area contributed by atoms with E-state index < -0.39 is 0 Å². The molecule has 2 saturated heterocycles. The van der Waals surface area contributed by atoms with Crippen molar-refractivity contribution < 1.29 is 9.59 Å². The standard InChI is InChI=1S/C22H20IN3O2S/c23-15-5-7-16(8-6-15)26-20(27)13-18(22(26)28)25-11-9-14(10-12-25)21-24-17-3-1-2-4-19(17)29-21/h1-8,14,18H,9-13H2/t18-/m1/s1. The van der Waals surface area contributed by atoms with Crippen molar-refractivity contribution in [1.29, 1.82) is 0 Å². The molecule has 3 heterocycles. The van der Waals surface area contributed by atoms with Crippen molar-refractivity contribution in [2.24, 2.45) is 0 Å². The molecule has 1 atom stereocenters. The minimum absolute atomic E-state index is 0.0883. The zero-order chi connectivity index (χ0) is 20.0. The smallest absolute Gasteiger partial charge is 0.251 e. The summed E-state index contributed by atoms with van der Waals surface area (Å²) < 4.78 is 2.31. The summed E-state index contributed by atoms with van der Waals surface area (Å²) in [7, 11) is 0. The van der Waals surface area contributed by atoms with Crippen LogP contribution in [0.5, 0.6) is 0 Å². The van der Waals surface area contributed by atoms with Gasteiger partial charge in [0.1, 0.15) is 0 Å². The molecule has 3 aromatic rings. The van der Waals surface area contributed by atoms with Crippen LogP contribution < -0.4 is 4.90 Å². The van der Waals surface area contributed by atoms with Crippen molar-refractivity contribution in [3.63, 3.8) is 0 Å². The van der Waals surface area contributed by atoms with E-state index in [2.05, 4.69) is 45.7 Å². The second-order valence-electron chi connectivity index (χ2n) is 7.59. The molecule has 0 bridgehead atoms. The van der Waals surface area contributed by atoms with E-state index in [1.54, 1.807) is 11.3 Å².